The maximum Gasteiger partial charge on any atom is 0.434 e. The zero-order valence-electron chi connectivity index (χ0n) is 43.2. The molecule has 2 aliphatic carbocycles. The van der Waals surface area contributed by atoms with Crippen molar-refractivity contribution in [2.24, 2.45) is 10.8 Å². The highest BCUT2D eigenvalue weighted by Gasteiger charge is 2.44. The number of rotatable bonds is 24. The Kier molecular flexibility index (Phi) is 21.9. The number of nitrogens with one attached hydrogen (secondary N) is 4. The summed E-state index contributed by atoms with van der Waals surface area (Å²) in [5.41, 5.74) is -3.00. The molecule has 5 N–H and O–H groups in total. The molecule has 2 saturated carbocycles. The first-order chi connectivity index (χ1) is 36.9. The topological polar surface area (TPSA) is 266 Å². The van der Waals surface area contributed by atoms with Gasteiger partial charge in [-0.3, -0.25) is 9.59 Å². The summed E-state index contributed by atoms with van der Waals surface area (Å²) >= 11 is 11.3. The normalized spacial score (nSPS) is 15.5. The molecule has 0 unspecified atom stereocenters. The number of hydrogen-bond acceptors (Lipinski definition) is 15. The van der Waals surface area contributed by atoms with Crippen molar-refractivity contribution in [3.05, 3.63) is 107 Å². The molecular weight excluding hydrogens is 1130 g/mol. The number of aromatic nitrogens is 4. The van der Waals surface area contributed by atoms with Crippen LogP contribution in [0.15, 0.2) is 73.6 Å². The Bertz CT molecular complexity index is 3050. The maximum absolute atomic E-state index is 13.2. The summed E-state index contributed by atoms with van der Waals surface area (Å²) in [7, 11) is -4.81. The number of nitrogens with zero attached hydrogens (tertiary/aromatic N) is 4. The number of carbonyl (C=O) groups excluding carboxylic acids is 3. The monoisotopic (exact) mass is 1190 g/mol. The van der Waals surface area contributed by atoms with Crippen LogP contribution in [0.2, 0.25) is 0 Å². The van der Waals surface area contributed by atoms with Gasteiger partial charge in [-0.25, -0.2) is 46.4 Å². The van der Waals surface area contributed by atoms with Crippen LogP contribution in [0.4, 0.5) is 37.7 Å². The van der Waals surface area contributed by atoms with Gasteiger partial charge in [0, 0.05) is 71.5 Å². The van der Waals surface area contributed by atoms with Gasteiger partial charge in [0.1, 0.15) is 44.4 Å². The third-order valence-electron chi connectivity index (χ3n) is 13.6. The first kappa shape index (κ1) is 63.6. The number of carbonyl (C=O) groups is 4. The first-order valence-electron chi connectivity index (χ1n) is 24.8. The molecule has 0 aliphatic heterocycles. The lowest BCUT2D eigenvalue weighted by atomic mass is 9.65. The molecule has 2 amide bonds. The number of carboxylic acid groups (broad SMARTS) is 1. The molecule has 2 aromatic carbocycles. The van der Waals surface area contributed by atoms with E-state index in [0.29, 0.717) is 59.5 Å². The molecule has 0 saturated heterocycles. The van der Waals surface area contributed by atoms with Crippen molar-refractivity contribution in [2.45, 2.75) is 114 Å². The third-order valence-corrected chi connectivity index (χ3v) is 16.7. The van der Waals surface area contributed by atoms with Gasteiger partial charge in [0.25, 0.3) is 11.8 Å². The number of carboxylic acids is 1. The Morgan fingerprint density at radius 1 is 0.633 bits per heavy atom. The molecular formula is C51H60F6N8O10S4. The van der Waals surface area contributed by atoms with Crippen LogP contribution < -0.4 is 21.3 Å². The Balaban J connectivity index is 0.000000291. The Hall–Kier alpha value is -6.26. The van der Waals surface area contributed by atoms with E-state index in [-0.39, 0.29) is 46.6 Å². The summed E-state index contributed by atoms with van der Waals surface area (Å²) in [6.45, 7) is 0. The van der Waals surface area contributed by atoms with E-state index < -0.39 is 90.4 Å². The molecule has 18 nitrogen and oxygen atoms in total. The van der Waals surface area contributed by atoms with Gasteiger partial charge in [0.2, 0.25) is 0 Å². The molecule has 2 fully saturated rings. The number of unbranched alkanes of at least 4 members (excludes halogenated alkanes) is 2. The standard InChI is InChI=1S/C26H31F3N4O5S2.C25H29F3N4O5S2/c1-38-23(35)20(33-24(39)25(11-5-12-25)10-3-4-13-40(2,36)37)14-17-6-8-18(9-7-17)32-22(34)19-15-30-16-31-21(19)26(27,28)29;1-39(36,37)12-3-2-9-24(10-4-11-24)23(38)32-19(22(34)35)13-16-5-7-17(8-6-16)31-21(33)18-14-29-15-30-20(18)25(26,27)28/h6-9,15-16,20H,3-5,10-14H2,1-2H3,(H,32,34)(H,33,39);5-8,14-15,19H,2-4,9-13H2,1H3,(H,31,33)(H,32,38)(H,34,35)/t20-;19-/m00/s1. The molecule has 0 spiro atoms. The van der Waals surface area contributed by atoms with Crippen LogP contribution in [0.1, 0.15) is 120 Å². The van der Waals surface area contributed by atoms with Crippen LogP contribution in [0.3, 0.4) is 0 Å². The number of hydrogen-bond donors (Lipinski definition) is 5. The number of alkyl halides is 6. The van der Waals surface area contributed by atoms with Gasteiger partial charge in [-0.1, -0.05) is 74.4 Å². The molecule has 2 atom stereocenters. The number of amides is 2. The molecule has 6 rings (SSSR count). The summed E-state index contributed by atoms with van der Waals surface area (Å²) in [5, 5.41) is 20.7. The van der Waals surface area contributed by atoms with Crippen LogP contribution in [0, 0.1) is 10.8 Å². The lowest BCUT2D eigenvalue weighted by Gasteiger charge is -2.43. The summed E-state index contributed by atoms with van der Waals surface area (Å²) in [4.78, 5) is 63.8. The van der Waals surface area contributed by atoms with Gasteiger partial charge in [0.05, 0.1) is 28.2 Å². The first-order valence-corrected chi connectivity index (χ1v) is 29.7. The second-order valence-corrected chi connectivity index (χ2v) is 25.0. The molecule has 2 heterocycles. The Morgan fingerprint density at radius 3 is 1.32 bits per heavy atom. The predicted molar refractivity (Wildman–Crippen MR) is 289 cm³/mol. The number of sulfone groups is 2. The van der Waals surface area contributed by atoms with Gasteiger partial charge < -0.3 is 31.1 Å². The van der Waals surface area contributed by atoms with Crippen LogP contribution in [0.5, 0.6) is 0 Å². The zero-order chi connectivity index (χ0) is 58.4. The van der Waals surface area contributed by atoms with E-state index in [0.717, 1.165) is 63.7 Å². The number of anilines is 2. The van der Waals surface area contributed by atoms with E-state index in [1.165, 1.54) is 43.9 Å². The number of thiocarbonyl (C=S) groups is 2. The van der Waals surface area contributed by atoms with E-state index >= 15 is 0 Å². The van der Waals surface area contributed by atoms with Gasteiger partial charge in [-0.2, -0.15) is 26.3 Å². The zero-order valence-corrected chi connectivity index (χ0v) is 46.5. The highest BCUT2D eigenvalue weighted by Crippen LogP contribution is 2.47. The molecule has 2 aromatic heterocycles. The number of aliphatic carboxylic acids is 1. The molecule has 430 valence electrons. The number of ether oxygens (including phenoxy) is 1. The van der Waals surface area contributed by atoms with Gasteiger partial charge in [-0.15, -0.1) is 0 Å². The smallest absolute Gasteiger partial charge is 0.434 e. The number of esters is 1. The lowest BCUT2D eigenvalue weighted by molar-refractivity contribution is -0.143. The van der Waals surface area contributed by atoms with E-state index in [2.05, 4.69) is 41.2 Å². The summed E-state index contributed by atoms with van der Waals surface area (Å²) < 4.78 is 130. The molecule has 0 bridgehead atoms. The Labute approximate surface area is 464 Å². The minimum absolute atomic E-state index is 0.0681. The highest BCUT2D eigenvalue weighted by molar-refractivity contribution is 7.90. The minimum Gasteiger partial charge on any atom is -0.480 e. The average molecular weight is 1190 g/mol. The van der Waals surface area contributed by atoms with Gasteiger partial charge in [0.15, 0.2) is 11.4 Å². The number of methoxy groups -OCH3 is 1. The fourth-order valence-corrected chi connectivity index (χ4v) is 11.3. The van der Waals surface area contributed by atoms with Crippen molar-refractivity contribution in [2.75, 3.05) is 41.8 Å². The van der Waals surface area contributed by atoms with E-state index in [1.54, 1.807) is 24.3 Å². The summed E-state index contributed by atoms with van der Waals surface area (Å²) in [5.74, 6) is -3.45. The van der Waals surface area contributed by atoms with E-state index in [1.807, 2.05) is 0 Å². The minimum atomic E-state index is -4.83. The van der Waals surface area contributed by atoms with Crippen molar-refractivity contribution in [3.63, 3.8) is 0 Å². The summed E-state index contributed by atoms with van der Waals surface area (Å²) in [6, 6.07) is 10.5. The molecule has 28 heteroatoms. The van der Waals surface area contributed by atoms with Gasteiger partial charge >= 0.3 is 24.3 Å². The Morgan fingerprint density at radius 2 is 1.00 bits per heavy atom. The number of halogens is 6. The van der Waals surface area contributed by atoms with Crippen molar-refractivity contribution < 1.29 is 72.2 Å². The fraction of sp³-hybridized carbons (Fsp3) is 0.490. The quantitative estimate of drug-likeness (QED) is 0.0192. The fourth-order valence-electron chi connectivity index (χ4n) is 8.96. The average Bonchev–Trinajstić information content (AvgIpc) is 3.35. The summed E-state index contributed by atoms with van der Waals surface area (Å²) in [6.07, 6.45) is 5.13. The van der Waals surface area contributed by atoms with Crippen LogP contribution in [-0.2, 0) is 59.2 Å². The largest absolute Gasteiger partial charge is 0.480 e. The van der Waals surface area contributed by atoms with Crippen LogP contribution in [-0.4, -0.2) is 119 Å². The van der Waals surface area contributed by atoms with Crippen LogP contribution >= 0.6 is 24.4 Å². The van der Waals surface area contributed by atoms with Crippen LogP contribution in [0.25, 0.3) is 0 Å². The van der Waals surface area contributed by atoms with Crippen molar-refractivity contribution >= 4 is 89.2 Å². The van der Waals surface area contributed by atoms with E-state index in [9.17, 15) is 67.5 Å². The second-order valence-electron chi connectivity index (χ2n) is 19.6. The second kappa shape index (κ2) is 27.3. The molecule has 79 heavy (non-hydrogen) atoms. The van der Waals surface area contributed by atoms with Gasteiger partial charge in [-0.05, 0) is 86.8 Å². The van der Waals surface area contributed by atoms with E-state index in [4.69, 9.17) is 29.2 Å². The van der Waals surface area contributed by atoms with Crippen molar-refractivity contribution in [3.8, 4) is 0 Å². The molecule has 4 aromatic rings. The third kappa shape index (κ3) is 18.9. The number of benzene rings is 2. The SMILES string of the molecule is COC(=O)[C@H](Cc1ccc(NC(=O)c2cncnc2C(F)(F)F)cc1)NC(=S)C1(CCCCS(C)(=O)=O)CCC1.CS(=O)(=O)CCCCC1(C(=S)N[C@@H](Cc2ccc(NC(=O)c3cncnc3C(F)(F)F)cc2)C(=O)O)CCC1. The predicted octanol–water partition coefficient (Wildman–Crippen LogP) is 8.18. The van der Waals surface area contributed by atoms with Crippen molar-refractivity contribution in [1.29, 1.82) is 0 Å². The molecule has 0 radical (unpaired) electrons. The lowest BCUT2D eigenvalue weighted by Crippen LogP contribution is -2.51. The highest BCUT2D eigenvalue weighted by atomic mass is 32.2. The molecule has 2 aliphatic rings. The maximum atomic E-state index is 13.2. The van der Waals surface area contributed by atoms with Crippen molar-refractivity contribution in [1.82, 2.24) is 30.6 Å².